The normalized spacial score (nSPS) is 12.6. The predicted molar refractivity (Wildman–Crippen MR) is 82.5 cm³/mol. The summed E-state index contributed by atoms with van der Waals surface area (Å²) in [6, 6.07) is 5.94. The molecule has 3 nitrogen and oxygen atoms in total. The third kappa shape index (κ3) is 2.73. The number of nitrogens with one attached hydrogen (secondary N) is 1. The van der Waals surface area contributed by atoms with E-state index >= 15 is 0 Å². The third-order valence-corrected chi connectivity index (χ3v) is 3.60. The molecule has 0 aliphatic carbocycles. The average Bonchev–Trinajstić information content (AvgIpc) is 2.46. The molecule has 0 aliphatic heterocycles. The highest BCUT2D eigenvalue weighted by molar-refractivity contribution is 5.85. The van der Waals surface area contributed by atoms with E-state index in [0.717, 1.165) is 18.2 Å². The van der Waals surface area contributed by atoms with Crippen LogP contribution in [0.4, 0.5) is 13.2 Å². The van der Waals surface area contributed by atoms with E-state index in [1.807, 2.05) is 0 Å². The number of benzene rings is 2. The second-order valence-corrected chi connectivity index (χ2v) is 5.38. The number of H-pyrrole nitrogens is 1. The van der Waals surface area contributed by atoms with Gasteiger partial charge in [-0.05, 0) is 42.8 Å². The number of aromatic amines is 1. The van der Waals surface area contributed by atoms with Crippen LogP contribution < -0.4 is 11.2 Å². The Morgan fingerprint density at radius 1 is 1.00 bits per heavy atom. The SMILES string of the molecule is CC(N)c1[nH]c2ccc(F)cc2c(=O)c1-c1cc(F)cc(F)c1. The molecule has 1 aromatic heterocycles. The van der Waals surface area contributed by atoms with Crippen molar-refractivity contribution in [1.29, 1.82) is 0 Å². The monoisotopic (exact) mass is 318 g/mol. The summed E-state index contributed by atoms with van der Waals surface area (Å²) in [6.07, 6.45) is 0. The van der Waals surface area contributed by atoms with E-state index in [2.05, 4.69) is 4.98 Å². The van der Waals surface area contributed by atoms with Gasteiger partial charge in [-0.25, -0.2) is 13.2 Å². The summed E-state index contributed by atoms with van der Waals surface area (Å²) in [5, 5.41) is 0.0917. The maximum atomic E-state index is 13.5. The fraction of sp³-hybridized carbons (Fsp3) is 0.118. The zero-order valence-electron chi connectivity index (χ0n) is 12.2. The van der Waals surface area contributed by atoms with Crippen molar-refractivity contribution in [3.8, 4) is 11.1 Å². The zero-order chi connectivity index (χ0) is 16.7. The van der Waals surface area contributed by atoms with Gasteiger partial charge in [0.25, 0.3) is 0 Å². The van der Waals surface area contributed by atoms with Crippen LogP contribution in [0.25, 0.3) is 22.0 Å². The van der Waals surface area contributed by atoms with Crippen LogP contribution in [0.15, 0.2) is 41.2 Å². The van der Waals surface area contributed by atoms with Gasteiger partial charge in [0.1, 0.15) is 17.5 Å². The Hall–Kier alpha value is -2.60. The second kappa shape index (κ2) is 5.55. The molecule has 0 saturated heterocycles. The van der Waals surface area contributed by atoms with Gasteiger partial charge in [-0.3, -0.25) is 4.79 Å². The van der Waals surface area contributed by atoms with Crippen LogP contribution >= 0.6 is 0 Å². The molecule has 0 saturated carbocycles. The standard InChI is InChI=1S/C17H13F3N2O/c1-8(21)16-15(9-4-11(19)6-12(20)5-9)17(23)13-7-10(18)2-3-14(13)22-16/h2-8H,21H2,1H3,(H,22,23). The first-order valence-electron chi connectivity index (χ1n) is 6.94. The Morgan fingerprint density at radius 2 is 1.65 bits per heavy atom. The number of hydrogen-bond acceptors (Lipinski definition) is 2. The van der Waals surface area contributed by atoms with Crippen molar-refractivity contribution in [1.82, 2.24) is 4.98 Å². The van der Waals surface area contributed by atoms with Crippen LogP contribution in [-0.2, 0) is 0 Å². The highest BCUT2D eigenvalue weighted by Gasteiger charge is 2.18. The molecule has 0 spiro atoms. The molecule has 0 radical (unpaired) electrons. The van der Waals surface area contributed by atoms with Gasteiger partial charge in [-0.1, -0.05) is 0 Å². The smallest absolute Gasteiger partial charge is 0.197 e. The number of hydrogen-bond donors (Lipinski definition) is 2. The molecule has 0 bridgehead atoms. The van der Waals surface area contributed by atoms with Gasteiger partial charge in [0.15, 0.2) is 5.43 Å². The van der Waals surface area contributed by atoms with Crippen LogP contribution in [0.3, 0.4) is 0 Å². The topological polar surface area (TPSA) is 58.9 Å². The molecular weight excluding hydrogens is 305 g/mol. The van der Waals surface area contributed by atoms with E-state index in [1.54, 1.807) is 6.92 Å². The lowest BCUT2D eigenvalue weighted by Gasteiger charge is -2.14. The lowest BCUT2D eigenvalue weighted by Crippen LogP contribution is -2.17. The molecule has 1 atom stereocenters. The molecule has 1 heterocycles. The number of pyridine rings is 1. The van der Waals surface area contributed by atoms with Crippen LogP contribution in [-0.4, -0.2) is 4.98 Å². The molecule has 118 valence electrons. The number of halogens is 3. The van der Waals surface area contributed by atoms with E-state index in [9.17, 15) is 18.0 Å². The largest absolute Gasteiger partial charge is 0.356 e. The molecule has 3 aromatic rings. The minimum absolute atomic E-state index is 0.0384. The summed E-state index contributed by atoms with van der Waals surface area (Å²) in [5.74, 6) is -2.20. The minimum atomic E-state index is -0.811. The number of fused-ring (bicyclic) bond motifs is 1. The van der Waals surface area contributed by atoms with Crippen molar-refractivity contribution in [2.45, 2.75) is 13.0 Å². The second-order valence-electron chi connectivity index (χ2n) is 5.38. The molecule has 0 aliphatic rings. The van der Waals surface area contributed by atoms with Gasteiger partial charge >= 0.3 is 0 Å². The fourth-order valence-electron chi connectivity index (χ4n) is 2.60. The third-order valence-electron chi connectivity index (χ3n) is 3.60. The predicted octanol–water partition coefficient (Wildman–Crippen LogP) is 3.63. The van der Waals surface area contributed by atoms with E-state index < -0.39 is 28.9 Å². The Kier molecular flexibility index (Phi) is 3.69. The molecule has 0 amide bonds. The first kappa shape index (κ1) is 15.3. The number of aromatic nitrogens is 1. The molecule has 1 unspecified atom stereocenters. The number of nitrogens with two attached hydrogens (primary N) is 1. The van der Waals surface area contributed by atoms with Gasteiger partial charge in [-0.15, -0.1) is 0 Å². The van der Waals surface area contributed by atoms with Crippen molar-refractivity contribution in [3.63, 3.8) is 0 Å². The fourth-order valence-corrected chi connectivity index (χ4v) is 2.60. The van der Waals surface area contributed by atoms with E-state index in [4.69, 9.17) is 5.73 Å². The summed E-state index contributed by atoms with van der Waals surface area (Å²) in [7, 11) is 0. The van der Waals surface area contributed by atoms with E-state index in [-0.39, 0.29) is 16.5 Å². The van der Waals surface area contributed by atoms with Crippen LogP contribution in [0.2, 0.25) is 0 Å². The first-order chi connectivity index (χ1) is 10.9. The lowest BCUT2D eigenvalue weighted by molar-refractivity contribution is 0.584. The minimum Gasteiger partial charge on any atom is -0.356 e. The molecule has 2 aromatic carbocycles. The summed E-state index contributed by atoms with van der Waals surface area (Å²) in [4.78, 5) is 15.7. The van der Waals surface area contributed by atoms with Crippen LogP contribution in [0, 0.1) is 17.5 Å². The Morgan fingerprint density at radius 3 is 2.26 bits per heavy atom. The lowest BCUT2D eigenvalue weighted by atomic mass is 9.97. The van der Waals surface area contributed by atoms with E-state index in [0.29, 0.717) is 17.3 Å². The average molecular weight is 318 g/mol. The van der Waals surface area contributed by atoms with Gasteiger partial charge in [0.2, 0.25) is 0 Å². The summed E-state index contributed by atoms with van der Waals surface area (Å²) < 4.78 is 40.5. The Balaban J connectivity index is 2.44. The Labute approximate surface area is 129 Å². The van der Waals surface area contributed by atoms with Gasteiger partial charge in [0.05, 0.1) is 5.56 Å². The maximum absolute atomic E-state index is 13.5. The first-order valence-corrected chi connectivity index (χ1v) is 6.94. The maximum Gasteiger partial charge on any atom is 0.197 e. The van der Waals surface area contributed by atoms with Crippen molar-refractivity contribution in [3.05, 3.63) is 69.8 Å². The van der Waals surface area contributed by atoms with Crippen LogP contribution in [0.1, 0.15) is 18.7 Å². The van der Waals surface area contributed by atoms with Gasteiger partial charge < -0.3 is 10.7 Å². The van der Waals surface area contributed by atoms with Gasteiger partial charge in [0, 0.05) is 28.7 Å². The summed E-state index contributed by atoms with van der Waals surface area (Å²) in [5.41, 5.74) is 6.19. The highest BCUT2D eigenvalue weighted by atomic mass is 19.1. The highest BCUT2D eigenvalue weighted by Crippen LogP contribution is 2.27. The quantitative estimate of drug-likeness (QED) is 0.758. The molecule has 3 rings (SSSR count). The van der Waals surface area contributed by atoms with Crippen molar-refractivity contribution >= 4 is 10.9 Å². The van der Waals surface area contributed by atoms with Crippen LogP contribution in [0.5, 0.6) is 0 Å². The summed E-state index contributed by atoms with van der Waals surface area (Å²) >= 11 is 0. The molecule has 23 heavy (non-hydrogen) atoms. The van der Waals surface area contributed by atoms with Crippen molar-refractivity contribution < 1.29 is 13.2 Å². The van der Waals surface area contributed by atoms with Gasteiger partial charge in [-0.2, -0.15) is 0 Å². The van der Waals surface area contributed by atoms with E-state index in [1.165, 1.54) is 12.1 Å². The molecule has 6 heteroatoms. The summed E-state index contributed by atoms with van der Waals surface area (Å²) in [6.45, 7) is 1.64. The molecular formula is C17H13F3N2O. The van der Waals surface area contributed by atoms with Crippen molar-refractivity contribution in [2.75, 3.05) is 0 Å². The molecule has 3 N–H and O–H groups in total. The Bertz CT molecular complexity index is 944. The van der Waals surface area contributed by atoms with Crippen molar-refractivity contribution in [2.24, 2.45) is 5.73 Å². The zero-order valence-corrected chi connectivity index (χ0v) is 12.2. The number of rotatable bonds is 2. The molecule has 0 fully saturated rings.